The lowest BCUT2D eigenvalue weighted by Gasteiger charge is -2.32. The zero-order valence-electron chi connectivity index (χ0n) is 17.3. The van der Waals surface area contributed by atoms with Crippen LogP contribution in [-0.2, 0) is 19.5 Å². The Labute approximate surface area is 167 Å². The van der Waals surface area contributed by atoms with Crippen molar-refractivity contribution in [3.05, 3.63) is 47.2 Å². The lowest BCUT2D eigenvalue weighted by molar-refractivity contribution is 0.346. The van der Waals surface area contributed by atoms with Crippen molar-refractivity contribution in [2.24, 2.45) is 4.99 Å². The number of aromatic nitrogens is 1. The molecule has 2 aromatic rings. The average molecular weight is 383 g/mol. The van der Waals surface area contributed by atoms with Crippen LogP contribution in [0.1, 0.15) is 16.7 Å². The fraction of sp³-hybridized carbons (Fsp3) is 0.429. The Kier molecular flexibility index (Phi) is 6.23. The molecule has 0 unspecified atom stereocenters. The quantitative estimate of drug-likeness (QED) is 0.631. The minimum atomic E-state index is 0.670. The second-order valence-corrected chi connectivity index (χ2v) is 6.93. The molecule has 0 saturated heterocycles. The smallest absolute Gasteiger partial charge is 0.194 e. The summed E-state index contributed by atoms with van der Waals surface area (Å²) >= 11 is 0. The molecule has 0 aliphatic carbocycles. The summed E-state index contributed by atoms with van der Waals surface area (Å²) in [4.78, 5) is 13.2. The second kappa shape index (κ2) is 8.82. The number of hydrogen-bond donors (Lipinski definition) is 1. The number of rotatable bonds is 5. The molecule has 150 valence electrons. The highest BCUT2D eigenvalue weighted by molar-refractivity contribution is 5.80. The molecule has 1 aromatic carbocycles. The number of hydrogen-bond acceptors (Lipinski definition) is 5. The van der Waals surface area contributed by atoms with E-state index < -0.39 is 0 Å². The summed E-state index contributed by atoms with van der Waals surface area (Å²) in [6.07, 6.45) is 2.75. The molecular weight excluding hydrogens is 354 g/mol. The van der Waals surface area contributed by atoms with E-state index in [9.17, 15) is 0 Å². The molecule has 1 aromatic heterocycles. The Morgan fingerprint density at radius 2 is 1.93 bits per heavy atom. The number of methoxy groups -OCH3 is 2. The number of ether oxygens (including phenoxy) is 2. The average Bonchev–Trinajstić information content (AvgIpc) is 2.73. The highest BCUT2D eigenvalue weighted by Crippen LogP contribution is 2.33. The van der Waals surface area contributed by atoms with Crippen LogP contribution >= 0.6 is 0 Å². The summed E-state index contributed by atoms with van der Waals surface area (Å²) in [6, 6.07) is 8.20. The van der Waals surface area contributed by atoms with Crippen LogP contribution in [0.5, 0.6) is 11.5 Å². The highest BCUT2D eigenvalue weighted by Gasteiger charge is 2.22. The van der Waals surface area contributed by atoms with Gasteiger partial charge in [-0.25, -0.2) is 4.98 Å². The zero-order chi connectivity index (χ0) is 20.1. The van der Waals surface area contributed by atoms with E-state index in [-0.39, 0.29) is 0 Å². The predicted molar refractivity (Wildman–Crippen MR) is 112 cm³/mol. The summed E-state index contributed by atoms with van der Waals surface area (Å²) in [7, 11) is 9.17. The second-order valence-electron chi connectivity index (χ2n) is 6.93. The van der Waals surface area contributed by atoms with Crippen LogP contribution in [0.25, 0.3) is 0 Å². The number of nitrogens with one attached hydrogen (secondary N) is 1. The van der Waals surface area contributed by atoms with E-state index in [4.69, 9.17) is 9.47 Å². The molecule has 0 fully saturated rings. The summed E-state index contributed by atoms with van der Waals surface area (Å²) in [5.74, 6) is 3.39. The van der Waals surface area contributed by atoms with Gasteiger partial charge in [-0.1, -0.05) is 6.07 Å². The largest absolute Gasteiger partial charge is 0.493 e. The highest BCUT2D eigenvalue weighted by atomic mass is 16.5. The van der Waals surface area contributed by atoms with Crippen molar-refractivity contribution in [3.63, 3.8) is 0 Å². The van der Waals surface area contributed by atoms with Gasteiger partial charge in [0.1, 0.15) is 5.82 Å². The van der Waals surface area contributed by atoms with Gasteiger partial charge in [0, 0.05) is 52.5 Å². The van der Waals surface area contributed by atoms with Gasteiger partial charge >= 0.3 is 0 Å². The molecule has 0 spiro atoms. The van der Waals surface area contributed by atoms with Crippen LogP contribution in [0.15, 0.2) is 35.5 Å². The van der Waals surface area contributed by atoms with Crippen LogP contribution in [0.4, 0.5) is 5.82 Å². The van der Waals surface area contributed by atoms with Gasteiger partial charge in [0.05, 0.1) is 14.2 Å². The first-order valence-electron chi connectivity index (χ1n) is 9.38. The first kappa shape index (κ1) is 19.8. The SMILES string of the molecule is CN=C(NCc1cccnc1N(C)C)N1CCc2cc(OC)c(OC)cc2C1. The van der Waals surface area contributed by atoms with E-state index in [1.54, 1.807) is 14.2 Å². The molecule has 0 atom stereocenters. The number of benzene rings is 1. The van der Waals surface area contributed by atoms with E-state index >= 15 is 0 Å². The van der Waals surface area contributed by atoms with Gasteiger partial charge in [0.15, 0.2) is 17.5 Å². The molecule has 7 heteroatoms. The van der Waals surface area contributed by atoms with E-state index in [0.717, 1.165) is 48.4 Å². The van der Waals surface area contributed by atoms with E-state index in [1.165, 1.54) is 11.1 Å². The topological polar surface area (TPSA) is 62.2 Å². The molecule has 2 heterocycles. The van der Waals surface area contributed by atoms with Gasteiger partial charge in [-0.15, -0.1) is 0 Å². The van der Waals surface area contributed by atoms with Crippen molar-refractivity contribution in [2.45, 2.75) is 19.5 Å². The maximum Gasteiger partial charge on any atom is 0.194 e. The Morgan fingerprint density at radius 3 is 2.57 bits per heavy atom. The number of pyridine rings is 1. The minimum Gasteiger partial charge on any atom is -0.493 e. The Morgan fingerprint density at radius 1 is 1.21 bits per heavy atom. The fourth-order valence-corrected chi connectivity index (χ4v) is 3.54. The van der Waals surface area contributed by atoms with Gasteiger partial charge in [-0.3, -0.25) is 4.99 Å². The molecule has 0 amide bonds. The minimum absolute atomic E-state index is 0.670. The number of anilines is 1. The molecule has 0 radical (unpaired) electrons. The Hall–Kier alpha value is -2.96. The van der Waals surface area contributed by atoms with Crippen LogP contribution in [0.3, 0.4) is 0 Å². The van der Waals surface area contributed by atoms with Crippen molar-refractivity contribution in [2.75, 3.05) is 46.8 Å². The molecule has 1 N–H and O–H groups in total. The molecule has 1 aliphatic heterocycles. The molecule has 3 rings (SSSR count). The summed E-state index contributed by atoms with van der Waals surface area (Å²) in [5, 5.41) is 3.49. The molecular formula is C21H29N5O2. The van der Waals surface area contributed by atoms with Gasteiger partial charge in [0.2, 0.25) is 0 Å². The summed E-state index contributed by atoms with van der Waals surface area (Å²) in [6.45, 7) is 2.35. The number of aliphatic imine (C=N–C) groups is 1. The normalized spacial score (nSPS) is 13.8. The lowest BCUT2D eigenvalue weighted by Crippen LogP contribution is -2.43. The standard InChI is InChI=1S/C21H29N5O2/c1-22-21(24-13-16-7-6-9-23-20(16)25(2)3)26-10-8-15-11-18(27-4)19(28-5)12-17(15)14-26/h6-7,9,11-12H,8,10,13-14H2,1-5H3,(H,22,24). The third kappa shape index (κ3) is 4.13. The third-order valence-corrected chi connectivity index (χ3v) is 4.96. The monoisotopic (exact) mass is 383 g/mol. The van der Waals surface area contributed by atoms with Crippen LogP contribution < -0.4 is 19.7 Å². The van der Waals surface area contributed by atoms with Crippen molar-refractivity contribution >= 4 is 11.8 Å². The van der Waals surface area contributed by atoms with Gasteiger partial charge < -0.3 is 24.6 Å². The molecule has 7 nitrogen and oxygen atoms in total. The zero-order valence-corrected chi connectivity index (χ0v) is 17.3. The van der Waals surface area contributed by atoms with E-state index in [2.05, 4.69) is 38.4 Å². The summed E-state index contributed by atoms with van der Waals surface area (Å²) < 4.78 is 10.9. The predicted octanol–water partition coefficient (Wildman–Crippen LogP) is 2.30. The molecule has 1 aliphatic rings. The molecule has 28 heavy (non-hydrogen) atoms. The Balaban J connectivity index is 1.73. The van der Waals surface area contributed by atoms with Gasteiger partial charge in [0.25, 0.3) is 0 Å². The number of guanidine groups is 1. The number of fused-ring (bicyclic) bond motifs is 1. The van der Waals surface area contributed by atoms with Crippen molar-refractivity contribution < 1.29 is 9.47 Å². The van der Waals surface area contributed by atoms with Crippen LogP contribution in [0.2, 0.25) is 0 Å². The van der Waals surface area contributed by atoms with Crippen molar-refractivity contribution in [1.82, 2.24) is 15.2 Å². The van der Waals surface area contributed by atoms with Crippen molar-refractivity contribution in [3.8, 4) is 11.5 Å². The van der Waals surface area contributed by atoms with E-state index in [1.807, 2.05) is 38.3 Å². The number of nitrogens with zero attached hydrogens (tertiary/aromatic N) is 4. The first-order valence-corrected chi connectivity index (χ1v) is 9.38. The van der Waals surface area contributed by atoms with Crippen molar-refractivity contribution in [1.29, 1.82) is 0 Å². The van der Waals surface area contributed by atoms with Crippen LogP contribution in [-0.4, -0.2) is 57.8 Å². The van der Waals surface area contributed by atoms with Gasteiger partial charge in [-0.05, 0) is 35.7 Å². The van der Waals surface area contributed by atoms with E-state index in [0.29, 0.717) is 6.54 Å². The molecule has 0 saturated carbocycles. The van der Waals surface area contributed by atoms with Crippen LogP contribution in [0, 0.1) is 0 Å². The summed E-state index contributed by atoms with van der Waals surface area (Å²) in [5.41, 5.74) is 3.67. The fourth-order valence-electron chi connectivity index (χ4n) is 3.54. The molecule has 0 bridgehead atoms. The lowest BCUT2D eigenvalue weighted by atomic mass is 9.99. The first-order chi connectivity index (χ1) is 13.6. The maximum atomic E-state index is 5.46. The van der Waals surface area contributed by atoms with Gasteiger partial charge in [-0.2, -0.15) is 0 Å². The Bertz CT molecular complexity index is 851. The third-order valence-electron chi connectivity index (χ3n) is 4.96. The maximum absolute atomic E-state index is 5.46.